The van der Waals surface area contributed by atoms with Crippen molar-refractivity contribution < 1.29 is 24.2 Å². The fourth-order valence-corrected chi connectivity index (χ4v) is 2.42. The lowest BCUT2D eigenvalue weighted by Crippen LogP contribution is -2.32. The van der Waals surface area contributed by atoms with Crippen LogP contribution in [0.1, 0.15) is 18.1 Å². The first kappa shape index (κ1) is 21.5. The van der Waals surface area contributed by atoms with Gasteiger partial charge in [-0.15, -0.1) is 6.58 Å². The lowest BCUT2D eigenvalue weighted by atomic mass is 10.1. The number of methoxy groups -OCH3 is 1. The van der Waals surface area contributed by atoms with Crippen molar-refractivity contribution in [2.75, 3.05) is 19.0 Å². The molecular formula is C21H23N3O5. The van der Waals surface area contributed by atoms with E-state index in [1.165, 1.54) is 13.3 Å². The zero-order valence-electron chi connectivity index (χ0n) is 16.3. The van der Waals surface area contributed by atoms with E-state index in [4.69, 9.17) is 9.47 Å². The van der Waals surface area contributed by atoms with E-state index in [2.05, 4.69) is 22.4 Å². The maximum Gasteiger partial charge on any atom is 0.329 e. The number of hydrogen-bond donors (Lipinski definition) is 3. The Labute approximate surface area is 168 Å². The zero-order chi connectivity index (χ0) is 21.2. The Morgan fingerprint density at radius 1 is 1.21 bits per heavy atom. The third kappa shape index (κ3) is 6.10. The molecule has 0 aliphatic carbocycles. The number of ether oxygens (including phenoxy) is 2. The van der Waals surface area contributed by atoms with Gasteiger partial charge in [0.05, 0.1) is 19.9 Å². The minimum absolute atomic E-state index is 0.0341. The van der Waals surface area contributed by atoms with Gasteiger partial charge in [0.2, 0.25) is 0 Å². The number of aromatic hydroxyl groups is 1. The van der Waals surface area contributed by atoms with Crippen molar-refractivity contribution in [3.05, 3.63) is 60.2 Å². The SMILES string of the molecule is C=CCc1cc(/C=N/NC(=O)C(=O)Nc2ccc(OC)cc2)cc(OCC)c1O. The number of allylic oxidation sites excluding steroid dienone is 1. The van der Waals surface area contributed by atoms with E-state index < -0.39 is 11.8 Å². The summed E-state index contributed by atoms with van der Waals surface area (Å²) in [6, 6.07) is 9.81. The largest absolute Gasteiger partial charge is 0.504 e. The van der Waals surface area contributed by atoms with Crippen LogP contribution in [0.5, 0.6) is 17.2 Å². The molecule has 0 unspecified atom stereocenters. The predicted molar refractivity (Wildman–Crippen MR) is 111 cm³/mol. The van der Waals surface area contributed by atoms with Gasteiger partial charge in [-0.2, -0.15) is 5.10 Å². The zero-order valence-corrected chi connectivity index (χ0v) is 16.3. The highest BCUT2D eigenvalue weighted by Gasteiger charge is 2.13. The molecule has 3 N–H and O–H groups in total. The van der Waals surface area contributed by atoms with Gasteiger partial charge in [0.25, 0.3) is 0 Å². The summed E-state index contributed by atoms with van der Waals surface area (Å²) in [4.78, 5) is 23.9. The number of anilines is 1. The van der Waals surface area contributed by atoms with E-state index in [0.717, 1.165) is 0 Å². The van der Waals surface area contributed by atoms with Gasteiger partial charge in [0.15, 0.2) is 11.5 Å². The van der Waals surface area contributed by atoms with E-state index >= 15 is 0 Å². The van der Waals surface area contributed by atoms with Crippen LogP contribution in [0.25, 0.3) is 0 Å². The molecule has 0 heterocycles. The molecule has 0 radical (unpaired) electrons. The number of phenolic OH excluding ortho intramolecular Hbond substituents is 1. The molecule has 0 fully saturated rings. The van der Waals surface area contributed by atoms with Crippen LogP contribution in [0, 0.1) is 0 Å². The minimum atomic E-state index is -0.924. The van der Waals surface area contributed by atoms with Crippen LogP contribution in [-0.4, -0.2) is 36.9 Å². The van der Waals surface area contributed by atoms with Gasteiger partial charge in [-0.3, -0.25) is 9.59 Å². The van der Waals surface area contributed by atoms with Gasteiger partial charge < -0.3 is 19.9 Å². The molecule has 0 spiro atoms. The molecule has 29 heavy (non-hydrogen) atoms. The second-order valence-electron chi connectivity index (χ2n) is 5.83. The topological polar surface area (TPSA) is 109 Å². The second kappa shape index (κ2) is 10.5. The van der Waals surface area contributed by atoms with Gasteiger partial charge in [-0.25, -0.2) is 5.43 Å². The van der Waals surface area contributed by atoms with Crippen LogP contribution in [0.2, 0.25) is 0 Å². The van der Waals surface area contributed by atoms with Crippen molar-refractivity contribution in [2.24, 2.45) is 5.10 Å². The number of amides is 2. The van der Waals surface area contributed by atoms with E-state index in [1.54, 1.807) is 49.4 Å². The van der Waals surface area contributed by atoms with E-state index in [1.807, 2.05) is 0 Å². The normalized spacial score (nSPS) is 10.4. The van der Waals surface area contributed by atoms with Crippen LogP contribution in [0.3, 0.4) is 0 Å². The van der Waals surface area contributed by atoms with Crippen LogP contribution < -0.4 is 20.2 Å². The van der Waals surface area contributed by atoms with Crippen LogP contribution >= 0.6 is 0 Å². The van der Waals surface area contributed by atoms with Gasteiger partial charge in [0.1, 0.15) is 5.75 Å². The van der Waals surface area contributed by atoms with Crippen molar-refractivity contribution in [1.29, 1.82) is 0 Å². The van der Waals surface area contributed by atoms with Gasteiger partial charge >= 0.3 is 11.8 Å². The third-order valence-corrected chi connectivity index (χ3v) is 3.77. The average Bonchev–Trinajstić information content (AvgIpc) is 2.72. The highest BCUT2D eigenvalue weighted by atomic mass is 16.5. The molecule has 152 valence electrons. The van der Waals surface area contributed by atoms with Gasteiger partial charge in [-0.1, -0.05) is 6.08 Å². The Kier molecular flexibility index (Phi) is 7.78. The Balaban J connectivity index is 2.02. The molecule has 0 bridgehead atoms. The van der Waals surface area contributed by atoms with Crippen molar-refractivity contribution in [2.45, 2.75) is 13.3 Å². The Hall–Kier alpha value is -3.81. The molecule has 2 aromatic carbocycles. The lowest BCUT2D eigenvalue weighted by molar-refractivity contribution is -0.136. The van der Waals surface area contributed by atoms with Crippen LogP contribution in [0.15, 0.2) is 54.2 Å². The summed E-state index contributed by atoms with van der Waals surface area (Å²) in [5.41, 5.74) is 3.80. The first-order chi connectivity index (χ1) is 14.0. The van der Waals surface area contributed by atoms with Crippen molar-refractivity contribution in [3.8, 4) is 17.2 Å². The third-order valence-electron chi connectivity index (χ3n) is 3.77. The molecule has 2 aromatic rings. The Morgan fingerprint density at radius 2 is 1.93 bits per heavy atom. The summed E-state index contributed by atoms with van der Waals surface area (Å²) >= 11 is 0. The fourth-order valence-electron chi connectivity index (χ4n) is 2.42. The number of nitrogens with zero attached hydrogens (tertiary/aromatic N) is 1. The van der Waals surface area contributed by atoms with Crippen LogP contribution in [-0.2, 0) is 16.0 Å². The monoisotopic (exact) mass is 397 g/mol. The van der Waals surface area contributed by atoms with E-state index in [0.29, 0.717) is 41.3 Å². The molecule has 0 saturated carbocycles. The Bertz CT molecular complexity index is 907. The number of hydrogen-bond acceptors (Lipinski definition) is 6. The lowest BCUT2D eigenvalue weighted by Gasteiger charge is -2.10. The van der Waals surface area contributed by atoms with Gasteiger partial charge in [-0.05, 0) is 55.3 Å². The standard InChI is InChI=1S/C21H23N3O5/c1-4-6-15-11-14(12-18(19(15)25)29-5-2)13-22-24-21(27)20(26)23-16-7-9-17(28-3)10-8-16/h4,7-13,25H,1,5-6H2,2-3H3,(H,23,26)(H,24,27)/b22-13+. The molecule has 0 aliphatic heterocycles. The Morgan fingerprint density at radius 3 is 2.55 bits per heavy atom. The molecule has 2 amide bonds. The molecule has 0 aromatic heterocycles. The van der Waals surface area contributed by atoms with Gasteiger partial charge in [0, 0.05) is 11.3 Å². The summed E-state index contributed by atoms with van der Waals surface area (Å²) in [5.74, 6) is -0.815. The summed E-state index contributed by atoms with van der Waals surface area (Å²) in [7, 11) is 1.53. The predicted octanol–water partition coefficient (Wildman–Crippen LogP) is 2.62. The number of benzene rings is 2. The van der Waals surface area contributed by atoms with Crippen molar-refractivity contribution in [3.63, 3.8) is 0 Å². The quantitative estimate of drug-likeness (QED) is 0.275. The maximum atomic E-state index is 11.9. The average molecular weight is 397 g/mol. The number of carbonyl (C=O) groups excluding carboxylic acids is 2. The number of hydrazone groups is 1. The smallest absolute Gasteiger partial charge is 0.329 e. The highest BCUT2D eigenvalue weighted by Crippen LogP contribution is 2.31. The molecule has 2 rings (SSSR count). The molecule has 0 atom stereocenters. The van der Waals surface area contributed by atoms with Crippen molar-refractivity contribution >= 4 is 23.7 Å². The highest BCUT2D eigenvalue weighted by molar-refractivity contribution is 6.39. The number of carbonyl (C=O) groups is 2. The van der Waals surface area contributed by atoms with Crippen LogP contribution in [0.4, 0.5) is 5.69 Å². The second-order valence-corrected chi connectivity index (χ2v) is 5.83. The number of nitrogens with one attached hydrogen (secondary N) is 2. The molecule has 0 saturated heterocycles. The maximum absolute atomic E-state index is 11.9. The summed E-state index contributed by atoms with van der Waals surface area (Å²) in [6.07, 6.45) is 3.44. The number of rotatable bonds is 8. The summed E-state index contributed by atoms with van der Waals surface area (Å²) in [6.45, 7) is 5.84. The number of phenols is 1. The first-order valence-corrected chi connectivity index (χ1v) is 8.86. The minimum Gasteiger partial charge on any atom is -0.504 e. The summed E-state index contributed by atoms with van der Waals surface area (Å²) in [5, 5.41) is 16.4. The molecular weight excluding hydrogens is 374 g/mol. The molecule has 8 nitrogen and oxygen atoms in total. The van der Waals surface area contributed by atoms with E-state index in [9.17, 15) is 14.7 Å². The summed E-state index contributed by atoms with van der Waals surface area (Å²) < 4.78 is 10.4. The molecule has 8 heteroatoms. The fraction of sp³-hybridized carbons (Fsp3) is 0.190. The van der Waals surface area contributed by atoms with E-state index in [-0.39, 0.29) is 5.75 Å². The molecule has 0 aliphatic rings. The van der Waals surface area contributed by atoms with Crippen molar-refractivity contribution in [1.82, 2.24) is 5.43 Å². The first-order valence-electron chi connectivity index (χ1n) is 8.86.